The number of nitrogens with zero attached hydrogens (tertiary/aromatic N) is 2. The van der Waals surface area contributed by atoms with Crippen molar-refractivity contribution >= 4 is 17.3 Å². The first-order valence-corrected chi connectivity index (χ1v) is 6.62. The highest BCUT2D eigenvalue weighted by molar-refractivity contribution is 6.31. The molecule has 1 unspecified atom stereocenters. The minimum absolute atomic E-state index is 0.0390. The quantitative estimate of drug-likeness (QED) is 0.930. The van der Waals surface area contributed by atoms with Crippen LogP contribution in [0, 0.1) is 0 Å². The minimum Gasteiger partial charge on any atom is -0.369 e. The van der Waals surface area contributed by atoms with Crippen molar-refractivity contribution in [3.63, 3.8) is 0 Å². The maximum Gasteiger partial charge on any atom is 0.0569 e. The summed E-state index contributed by atoms with van der Waals surface area (Å²) in [6.07, 6.45) is 1.84. The van der Waals surface area contributed by atoms with Crippen LogP contribution in [0.4, 0.5) is 5.69 Å². The van der Waals surface area contributed by atoms with Gasteiger partial charge in [-0.15, -0.1) is 0 Å². The molecule has 2 N–H and O–H groups in total. The van der Waals surface area contributed by atoms with E-state index in [1.165, 1.54) is 0 Å². The van der Waals surface area contributed by atoms with Crippen LogP contribution in [-0.4, -0.2) is 12.0 Å². The van der Waals surface area contributed by atoms with Gasteiger partial charge in [0.1, 0.15) is 0 Å². The summed E-state index contributed by atoms with van der Waals surface area (Å²) >= 11 is 6.16. The normalized spacial score (nSPS) is 12.2. The number of aromatic nitrogens is 1. The van der Waals surface area contributed by atoms with E-state index in [-0.39, 0.29) is 6.04 Å². The van der Waals surface area contributed by atoms with E-state index < -0.39 is 0 Å². The zero-order valence-electron chi connectivity index (χ0n) is 11.2. The van der Waals surface area contributed by atoms with E-state index in [2.05, 4.69) is 9.88 Å². The van der Waals surface area contributed by atoms with E-state index >= 15 is 0 Å². The SMILES string of the molecule is CC(N)c1ccc(N(C)Cc2ccccc2Cl)cn1. The molecule has 0 aliphatic carbocycles. The Morgan fingerprint density at radius 2 is 2.00 bits per heavy atom. The van der Waals surface area contributed by atoms with Crippen molar-refractivity contribution in [3.8, 4) is 0 Å². The fourth-order valence-electron chi connectivity index (χ4n) is 1.87. The third kappa shape index (κ3) is 3.46. The lowest BCUT2D eigenvalue weighted by Gasteiger charge is -2.20. The van der Waals surface area contributed by atoms with E-state index in [0.29, 0.717) is 0 Å². The fourth-order valence-corrected chi connectivity index (χ4v) is 2.06. The molecule has 1 heterocycles. The molecule has 19 heavy (non-hydrogen) atoms. The van der Waals surface area contributed by atoms with E-state index in [4.69, 9.17) is 17.3 Å². The molecule has 0 bridgehead atoms. The molecular weight excluding hydrogens is 258 g/mol. The largest absolute Gasteiger partial charge is 0.369 e. The summed E-state index contributed by atoms with van der Waals surface area (Å²) in [6.45, 7) is 2.67. The van der Waals surface area contributed by atoms with Gasteiger partial charge in [0.15, 0.2) is 0 Å². The molecule has 0 spiro atoms. The maximum atomic E-state index is 6.16. The molecule has 1 aromatic carbocycles. The lowest BCUT2D eigenvalue weighted by atomic mass is 10.2. The van der Waals surface area contributed by atoms with Crippen LogP contribution < -0.4 is 10.6 Å². The van der Waals surface area contributed by atoms with Crippen molar-refractivity contribution in [1.82, 2.24) is 4.98 Å². The Bertz CT molecular complexity index is 537. The number of benzene rings is 1. The molecular formula is C15H18ClN3. The monoisotopic (exact) mass is 275 g/mol. The highest BCUT2D eigenvalue weighted by Crippen LogP contribution is 2.20. The molecule has 1 aromatic heterocycles. The first kappa shape index (κ1) is 13.8. The summed E-state index contributed by atoms with van der Waals surface area (Å²) in [4.78, 5) is 6.47. The van der Waals surface area contributed by atoms with Crippen LogP contribution in [-0.2, 0) is 6.54 Å². The average Bonchev–Trinajstić information content (AvgIpc) is 2.41. The van der Waals surface area contributed by atoms with Crippen LogP contribution in [0.5, 0.6) is 0 Å². The van der Waals surface area contributed by atoms with Crippen LogP contribution in [0.15, 0.2) is 42.6 Å². The van der Waals surface area contributed by atoms with Gasteiger partial charge in [-0.2, -0.15) is 0 Å². The van der Waals surface area contributed by atoms with Gasteiger partial charge in [0.05, 0.1) is 17.6 Å². The second kappa shape index (κ2) is 6.04. The Morgan fingerprint density at radius 1 is 1.26 bits per heavy atom. The van der Waals surface area contributed by atoms with Crippen LogP contribution >= 0.6 is 11.6 Å². The molecule has 0 amide bonds. The number of hydrogen-bond donors (Lipinski definition) is 1. The number of anilines is 1. The molecule has 0 saturated heterocycles. The Hall–Kier alpha value is -1.58. The molecule has 4 heteroatoms. The third-order valence-electron chi connectivity index (χ3n) is 3.04. The van der Waals surface area contributed by atoms with Gasteiger partial charge in [-0.25, -0.2) is 0 Å². The Labute approximate surface area is 119 Å². The summed E-state index contributed by atoms with van der Waals surface area (Å²) in [5, 5.41) is 0.787. The average molecular weight is 276 g/mol. The standard InChI is InChI=1S/C15H18ClN3/c1-11(17)15-8-7-13(9-18-15)19(2)10-12-5-3-4-6-14(12)16/h3-9,11H,10,17H2,1-2H3. The molecule has 2 rings (SSSR count). The Kier molecular flexibility index (Phi) is 4.40. The van der Waals surface area contributed by atoms with Crippen molar-refractivity contribution in [3.05, 3.63) is 58.9 Å². The van der Waals surface area contributed by atoms with Crippen LogP contribution in [0.25, 0.3) is 0 Å². The molecule has 1 atom stereocenters. The van der Waals surface area contributed by atoms with E-state index in [1.54, 1.807) is 0 Å². The summed E-state index contributed by atoms with van der Waals surface area (Å²) in [5.74, 6) is 0. The van der Waals surface area contributed by atoms with Gasteiger partial charge < -0.3 is 10.6 Å². The first-order chi connectivity index (χ1) is 9.08. The second-order valence-corrected chi connectivity index (χ2v) is 5.08. The fraction of sp³-hybridized carbons (Fsp3) is 0.267. The van der Waals surface area contributed by atoms with E-state index in [9.17, 15) is 0 Å². The van der Waals surface area contributed by atoms with Gasteiger partial charge in [0, 0.05) is 24.7 Å². The minimum atomic E-state index is -0.0390. The smallest absolute Gasteiger partial charge is 0.0569 e. The van der Waals surface area contributed by atoms with Gasteiger partial charge >= 0.3 is 0 Å². The van der Waals surface area contributed by atoms with E-state index in [0.717, 1.165) is 28.5 Å². The molecule has 0 aliphatic heterocycles. The Balaban J connectivity index is 2.12. The van der Waals surface area contributed by atoms with Crippen molar-refractivity contribution in [2.24, 2.45) is 5.73 Å². The zero-order valence-corrected chi connectivity index (χ0v) is 11.9. The molecule has 0 saturated carbocycles. The van der Waals surface area contributed by atoms with E-state index in [1.807, 2.05) is 56.6 Å². The second-order valence-electron chi connectivity index (χ2n) is 4.68. The van der Waals surface area contributed by atoms with Gasteiger partial charge in [-0.1, -0.05) is 29.8 Å². The molecule has 0 radical (unpaired) electrons. The van der Waals surface area contributed by atoms with Crippen LogP contribution in [0.3, 0.4) is 0 Å². The van der Waals surface area contributed by atoms with Crippen LogP contribution in [0.2, 0.25) is 5.02 Å². The lowest BCUT2D eigenvalue weighted by molar-refractivity contribution is 0.779. The topological polar surface area (TPSA) is 42.1 Å². The lowest BCUT2D eigenvalue weighted by Crippen LogP contribution is -2.17. The number of rotatable bonds is 4. The van der Waals surface area contributed by atoms with Gasteiger partial charge in [0.25, 0.3) is 0 Å². The number of halogens is 1. The first-order valence-electron chi connectivity index (χ1n) is 6.24. The number of pyridine rings is 1. The van der Waals surface area contributed by atoms with Crippen molar-refractivity contribution in [2.75, 3.05) is 11.9 Å². The molecule has 3 nitrogen and oxygen atoms in total. The molecule has 100 valence electrons. The molecule has 2 aromatic rings. The van der Waals surface area contributed by atoms with Gasteiger partial charge in [0.2, 0.25) is 0 Å². The predicted octanol–water partition coefficient (Wildman–Crippen LogP) is 3.39. The number of nitrogens with two attached hydrogens (primary N) is 1. The summed E-state index contributed by atoms with van der Waals surface area (Å²) in [7, 11) is 2.02. The highest BCUT2D eigenvalue weighted by Gasteiger charge is 2.06. The van der Waals surface area contributed by atoms with Crippen molar-refractivity contribution in [1.29, 1.82) is 0 Å². The van der Waals surface area contributed by atoms with Gasteiger partial charge in [-0.05, 0) is 30.7 Å². The summed E-state index contributed by atoms with van der Waals surface area (Å²) in [6, 6.07) is 11.8. The van der Waals surface area contributed by atoms with Crippen LogP contribution in [0.1, 0.15) is 24.2 Å². The predicted molar refractivity (Wildman–Crippen MR) is 80.4 cm³/mol. The third-order valence-corrected chi connectivity index (χ3v) is 3.41. The summed E-state index contributed by atoms with van der Waals surface area (Å²) in [5.41, 5.74) is 8.83. The molecule has 0 aliphatic rings. The van der Waals surface area contributed by atoms with Crippen molar-refractivity contribution < 1.29 is 0 Å². The number of hydrogen-bond acceptors (Lipinski definition) is 3. The molecule has 0 fully saturated rings. The summed E-state index contributed by atoms with van der Waals surface area (Å²) < 4.78 is 0. The van der Waals surface area contributed by atoms with Crippen molar-refractivity contribution in [2.45, 2.75) is 19.5 Å². The van der Waals surface area contributed by atoms with Gasteiger partial charge in [-0.3, -0.25) is 4.98 Å². The maximum absolute atomic E-state index is 6.16. The highest BCUT2D eigenvalue weighted by atomic mass is 35.5. The Morgan fingerprint density at radius 3 is 2.58 bits per heavy atom. The zero-order chi connectivity index (χ0) is 13.8.